The maximum atomic E-state index is 11.4. The summed E-state index contributed by atoms with van der Waals surface area (Å²) in [6.07, 6.45) is 0.546. The summed E-state index contributed by atoms with van der Waals surface area (Å²) < 4.78 is 10.2. The normalized spacial score (nSPS) is 10.8. The second-order valence-electron chi connectivity index (χ2n) is 4.72. The average molecular weight is 252 g/mol. The lowest BCUT2D eigenvalue weighted by Crippen LogP contribution is -2.27. The van der Waals surface area contributed by atoms with Gasteiger partial charge in [0, 0.05) is 0 Å². The lowest BCUT2D eigenvalue weighted by Gasteiger charge is -2.19. The first-order chi connectivity index (χ1) is 8.31. The van der Waals surface area contributed by atoms with Crippen molar-refractivity contribution in [1.82, 2.24) is 0 Å². The van der Waals surface area contributed by atoms with E-state index in [1.165, 1.54) is 18.2 Å². The first-order valence-corrected chi connectivity index (χ1v) is 5.44. The second-order valence-corrected chi connectivity index (χ2v) is 4.72. The third-order valence-corrected chi connectivity index (χ3v) is 1.89. The third kappa shape index (κ3) is 4.45. The van der Waals surface area contributed by atoms with E-state index in [0.29, 0.717) is 6.29 Å². The Morgan fingerprint density at radius 3 is 2.61 bits per heavy atom. The molecule has 0 aliphatic carbocycles. The zero-order chi connectivity index (χ0) is 13.8. The Morgan fingerprint density at radius 1 is 1.39 bits per heavy atom. The van der Waals surface area contributed by atoms with Gasteiger partial charge in [-0.3, -0.25) is 4.79 Å². The minimum absolute atomic E-state index is 0.0401. The topological polar surface area (TPSA) is 72.8 Å². The molecule has 0 heterocycles. The Labute approximate surface area is 105 Å². The molecule has 1 rings (SSSR count). The monoisotopic (exact) mass is 252 g/mol. The Balaban J connectivity index is 2.64. The van der Waals surface area contributed by atoms with Gasteiger partial charge in [0.25, 0.3) is 0 Å². The van der Waals surface area contributed by atoms with E-state index in [2.05, 4.69) is 0 Å². The Hall–Kier alpha value is -2.04. The smallest absolute Gasteiger partial charge is 0.344 e. The van der Waals surface area contributed by atoms with E-state index in [4.69, 9.17) is 9.47 Å². The highest BCUT2D eigenvalue weighted by Gasteiger charge is 2.17. The Morgan fingerprint density at radius 2 is 2.06 bits per heavy atom. The van der Waals surface area contributed by atoms with E-state index >= 15 is 0 Å². The number of phenols is 1. The van der Waals surface area contributed by atoms with Crippen LogP contribution in [0.5, 0.6) is 11.5 Å². The number of aldehydes is 1. The fourth-order valence-corrected chi connectivity index (χ4v) is 1.27. The van der Waals surface area contributed by atoms with Crippen LogP contribution in [0.3, 0.4) is 0 Å². The van der Waals surface area contributed by atoms with E-state index in [1.807, 2.05) is 0 Å². The largest absolute Gasteiger partial charge is 0.508 e. The van der Waals surface area contributed by atoms with E-state index in [1.54, 1.807) is 20.8 Å². The van der Waals surface area contributed by atoms with Crippen LogP contribution in [0.2, 0.25) is 0 Å². The van der Waals surface area contributed by atoms with Crippen molar-refractivity contribution < 1.29 is 24.2 Å². The molecule has 18 heavy (non-hydrogen) atoms. The fraction of sp³-hybridized carbons (Fsp3) is 0.385. The van der Waals surface area contributed by atoms with E-state index in [0.717, 1.165) is 0 Å². The number of ether oxygens (including phenoxy) is 2. The predicted octanol–water partition coefficient (Wildman–Crippen LogP) is 1.93. The number of carbonyl (C=O) groups is 2. The minimum atomic E-state index is -0.580. The van der Waals surface area contributed by atoms with Crippen LogP contribution in [0, 0.1) is 0 Å². The molecule has 0 radical (unpaired) electrons. The Kier molecular flexibility index (Phi) is 4.31. The van der Waals surface area contributed by atoms with Crippen molar-refractivity contribution in [3.8, 4) is 11.5 Å². The van der Waals surface area contributed by atoms with Crippen LogP contribution in [0.15, 0.2) is 18.2 Å². The van der Waals surface area contributed by atoms with Crippen molar-refractivity contribution in [2.24, 2.45) is 0 Å². The van der Waals surface area contributed by atoms with Crippen LogP contribution >= 0.6 is 0 Å². The van der Waals surface area contributed by atoms with E-state index in [-0.39, 0.29) is 23.7 Å². The van der Waals surface area contributed by atoms with Gasteiger partial charge in [-0.15, -0.1) is 0 Å². The molecule has 0 atom stereocenters. The maximum Gasteiger partial charge on any atom is 0.344 e. The number of hydrogen-bond donors (Lipinski definition) is 1. The molecule has 1 N–H and O–H groups in total. The minimum Gasteiger partial charge on any atom is -0.508 e. The van der Waals surface area contributed by atoms with Crippen LogP contribution in [0.25, 0.3) is 0 Å². The molecule has 98 valence electrons. The molecule has 0 spiro atoms. The standard InChI is InChI=1S/C13H16O5/c1-13(2,3)18-12(16)8-17-11-5-4-10(15)6-9(11)7-14/h4-7,15H,8H2,1-3H3. The van der Waals surface area contributed by atoms with Gasteiger partial charge >= 0.3 is 5.97 Å². The number of rotatable bonds is 4. The van der Waals surface area contributed by atoms with Crippen molar-refractivity contribution in [2.75, 3.05) is 6.61 Å². The number of carbonyl (C=O) groups excluding carboxylic acids is 2. The highest BCUT2D eigenvalue weighted by atomic mass is 16.6. The zero-order valence-electron chi connectivity index (χ0n) is 10.6. The summed E-state index contributed by atoms with van der Waals surface area (Å²) in [4.78, 5) is 22.2. The van der Waals surface area contributed by atoms with Crippen molar-refractivity contribution in [1.29, 1.82) is 0 Å². The highest BCUT2D eigenvalue weighted by Crippen LogP contribution is 2.22. The zero-order valence-corrected chi connectivity index (χ0v) is 10.6. The van der Waals surface area contributed by atoms with Gasteiger partial charge < -0.3 is 14.6 Å². The van der Waals surface area contributed by atoms with Crippen LogP contribution in [0.4, 0.5) is 0 Å². The van der Waals surface area contributed by atoms with Crippen LogP contribution in [0.1, 0.15) is 31.1 Å². The number of benzene rings is 1. The number of esters is 1. The van der Waals surface area contributed by atoms with Crippen LogP contribution < -0.4 is 4.74 Å². The molecule has 0 saturated heterocycles. The predicted molar refractivity (Wildman–Crippen MR) is 64.8 cm³/mol. The summed E-state index contributed by atoms with van der Waals surface area (Å²) in [7, 11) is 0. The van der Waals surface area contributed by atoms with Crippen LogP contribution in [-0.4, -0.2) is 29.6 Å². The van der Waals surface area contributed by atoms with Crippen molar-refractivity contribution in [2.45, 2.75) is 26.4 Å². The van der Waals surface area contributed by atoms with Gasteiger partial charge in [0.2, 0.25) is 0 Å². The molecular weight excluding hydrogens is 236 g/mol. The first kappa shape index (κ1) is 14.0. The molecule has 1 aromatic rings. The van der Waals surface area contributed by atoms with E-state index < -0.39 is 11.6 Å². The second kappa shape index (κ2) is 5.53. The number of aromatic hydroxyl groups is 1. The molecule has 0 aromatic heterocycles. The molecule has 0 bridgehead atoms. The highest BCUT2D eigenvalue weighted by molar-refractivity contribution is 5.80. The summed E-state index contributed by atoms with van der Waals surface area (Å²) >= 11 is 0. The molecule has 0 amide bonds. The van der Waals surface area contributed by atoms with Gasteiger partial charge in [-0.2, -0.15) is 0 Å². The summed E-state index contributed by atoms with van der Waals surface area (Å²) in [6.45, 7) is 4.97. The van der Waals surface area contributed by atoms with Gasteiger partial charge in [0.15, 0.2) is 12.9 Å². The van der Waals surface area contributed by atoms with Gasteiger partial charge in [-0.25, -0.2) is 4.79 Å². The molecule has 1 aromatic carbocycles. The lowest BCUT2D eigenvalue weighted by atomic mass is 10.2. The van der Waals surface area contributed by atoms with Crippen LogP contribution in [-0.2, 0) is 9.53 Å². The average Bonchev–Trinajstić information content (AvgIpc) is 2.24. The third-order valence-electron chi connectivity index (χ3n) is 1.89. The van der Waals surface area contributed by atoms with Crippen molar-refractivity contribution >= 4 is 12.3 Å². The molecule has 0 aliphatic heterocycles. The summed E-state index contributed by atoms with van der Waals surface area (Å²) in [5.74, 6) is -0.331. The molecular formula is C13H16O5. The van der Waals surface area contributed by atoms with Gasteiger partial charge in [0.1, 0.15) is 17.1 Å². The number of hydrogen-bond acceptors (Lipinski definition) is 5. The summed E-state index contributed by atoms with van der Waals surface area (Å²) in [5.41, 5.74) is -0.401. The molecule has 0 aliphatic rings. The quantitative estimate of drug-likeness (QED) is 0.654. The Bertz CT molecular complexity index is 445. The molecule has 5 nitrogen and oxygen atoms in total. The fourth-order valence-electron chi connectivity index (χ4n) is 1.27. The van der Waals surface area contributed by atoms with Crippen molar-refractivity contribution in [3.05, 3.63) is 23.8 Å². The van der Waals surface area contributed by atoms with Gasteiger partial charge in [-0.05, 0) is 39.0 Å². The van der Waals surface area contributed by atoms with E-state index in [9.17, 15) is 14.7 Å². The number of phenolic OH excluding ortho intramolecular Hbond substituents is 1. The molecule has 0 fully saturated rings. The lowest BCUT2D eigenvalue weighted by molar-refractivity contribution is -0.157. The van der Waals surface area contributed by atoms with Crippen molar-refractivity contribution in [3.63, 3.8) is 0 Å². The summed E-state index contributed by atoms with van der Waals surface area (Å²) in [5, 5.41) is 9.19. The SMILES string of the molecule is CC(C)(C)OC(=O)COc1ccc(O)cc1C=O. The molecule has 5 heteroatoms. The van der Waals surface area contributed by atoms with Gasteiger partial charge in [-0.1, -0.05) is 0 Å². The molecule has 0 unspecified atom stereocenters. The maximum absolute atomic E-state index is 11.4. The molecule has 0 saturated carbocycles. The first-order valence-electron chi connectivity index (χ1n) is 5.44. The van der Waals surface area contributed by atoms with Gasteiger partial charge in [0.05, 0.1) is 5.56 Å². The summed E-state index contributed by atoms with van der Waals surface area (Å²) in [6, 6.07) is 4.05.